The molecule has 0 atom stereocenters. The lowest BCUT2D eigenvalue weighted by atomic mass is 9.97. The van der Waals surface area contributed by atoms with E-state index >= 15 is 0 Å². The zero-order valence-electron chi connectivity index (χ0n) is 17.9. The van der Waals surface area contributed by atoms with Crippen LogP contribution in [0.15, 0.2) is 48.5 Å². The van der Waals surface area contributed by atoms with Gasteiger partial charge in [-0.3, -0.25) is 0 Å². The van der Waals surface area contributed by atoms with Crippen molar-refractivity contribution in [3.63, 3.8) is 0 Å². The number of piperidine rings is 1. The van der Waals surface area contributed by atoms with E-state index in [1.165, 1.54) is 53.4 Å². The van der Waals surface area contributed by atoms with Gasteiger partial charge in [0.2, 0.25) is 0 Å². The molecule has 4 nitrogen and oxygen atoms in total. The van der Waals surface area contributed by atoms with Crippen LogP contribution in [-0.2, 0) is 19.4 Å². The van der Waals surface area contributed by atoms with Crippen molar-refractivity contribution in [3.8, 4) is 0 Å². The summed E-state index contributed by atoms with van der Waals surface area (Å²) >= 11 is 0. The molecule has 2 heterocycles. The van der Waals surface area contributed by atoms with Gasteiger partial charge in [0, 0.05) is 23.1 Å². The van der Waals surface area contributed by atoms with Gasteiger partial charge in [-0.25, -0.2) is 4.79 Å². The van der Waals surface area contributed by atoms with Crippen LogP contribution in [0.3, 0.4) is 0 Å². The number of unbranched alkanes of at least 4 members (excludes halogenated alkanes) is 1. The van der Waals surface area contributed by atoms with Crippen molar-refractivity contribution in [3.05, 3.63) is 70.9 Å². The summed E-state index contributed by atoms with van der Waals surface area (Å²) in [5.74, 6) is -0.145. The molecule has 0 bridgehead atoms. The quantitative estimate of drug-likeness (QED) is 0.538. The molecule has 0 amide bonds. The van der Waals surface area contributed by atoms with Crippen LogP contribution in [0.25, 0.3) is 10.9 Å². The van der Waals surface area contributed by atoms with Crippen LogP contribution in [0.2, 0.25) is 0 Å². The molecule has 1 aliphatic heterocycles. The highest BCUT2D eigenvalue weighted by Gasteiger charge is 2.21. The molecule has 4 heteroatoms. The first kappa shape index (κ1) is 20.7. The van der Waals surface area contributed by atoms with Crippen LogP contribution in [0.5, 0.6) is 0 Å². The van der Waals surface area contributed by atoms with Crippen LogP contribution >= 0.6 is 0 Å². The summed E-state index contributed by atoms with van der Waals surface area (Å²) in [4.78, 5) is 11.2. The van der Waals surface area contributed by atoms with Gasteiger partial charge in [-0.2, -0.15) is 0 Å². The van der Waals surface area contributed by atoms with Gasteiger partial charge < -0.3 is 15.0 Å². The van der Waals surface area contributed by atoms with Crippen LogP contribution in [0, 0.1) is 5.92 Å². The molecular weight excluding hydrogens is 372 g/mol. The fourth-order valence-electron chi connectivity index (χ4n) is 4.76. The van der Waals surface area contributed by atoms with Crippen molar-refractivity contribution in [2.45, 2.75) is 52.0 Å². The fourth-order valence-corrected chi connectivity index (χ4v) is 4.76. The van der Waals surface area contributed by atoms with Crippen LogP contribution < -0.4 is 5.32 Å². The molecule has 2 N–H and O–H groups in total. The summed E-state index contributed by atoms with van der Waals surface area (Å²) in [5.41, 5.74) is 5.75. The summed E-state index contributed by atoms with van der Waals surface area (Å²) in [6, 6.07) is 16.2. The number of hydrogen-bond donors (Lipinski definition) is 2. The van der Waals surface area contributed by atoms with E-state index in [1.54, 1.807) is 12.1 Å². The van der Waals surface area contributed by atoms with Gasteiger partial charge in [-0.05, 0) is 80.4 Å². The lowest BCUT2D eigenvalue weighted by molar-refractivity contribution is 0.0697. The molecule has 1 saturated heterocycles. The topological polar surface area (TPSA) is 54.3 Å². The van der Waals surface area contributed by atoms with Crippen LogP contribution in [0.4, 0.5) is 0 Å². The zero-order valence-corrected chi connectivity index (χ0v) is 17.9. The normalized spacial score (nSPS) is 15.0. The van der Waals surface area contributed by atoms with Crippen molar-refractivity contribution in [2.24, 2.45) is 5.92 Å². The molecule has 1 fully saturated rings. The van der Waals surface area contributed by atoms with Crippen molar-refractivity contribution in [2.75, 3.05) is 13.1 Å². The summed E-state index contributed by atoms with van der Waals surface area (Å²) in [7, 11) is 0. The van der Waals surface area contributed by atoms with E-state index in [0.29, 0.717) is 5.56 Å². The van der Waals surface area contributed by atoms with Gasteiger partial charge in [-0.1, -0.05) is 43.7 Å². The Balaban J connectivity index is 1.73. The minimum absolute atomic E-state index is 0.346. The number of nitrogens with one attached hydrogen (secondary N) is 1. The molecule has 3 aromatic rings. The minimum atomic E-state index is -0.872. The molecule has 0 aliphatic carbocycles. The van der Waals surface area contributed by atoms with Crippen molar-refractivity contribution in [1.82, 2.24) is 9.88 Å². The third-order valence-electron chi connectivity index (χ3n) is 6.44. The highest BCUT2D eigenvalue weighted by atomic mass is 16.4. The first-order chi connectivity index (χ1) is 14.7. The smallest absolute Gasteiger partial charge is 0.335 e. The molecule has 0 radical (unpaired) electrons. The number of carboxylic acid groups (broad SMARTS) is 1. The number of benzene rings is 2. The Kier molecular flexibility index (Phi) is 6.53. The number of hydrogen-bond acceptors (Lipinski definition) is 2. The van der Waals surface area contributed by atoms with E-state index in [2.05, 4.69) is 41.1 Å². The zero-order chi connectivity index (χ0) is 20.9. The molecule has 2 aromatic carbocycles. The number of aromatic carboxylic acids is 1. The Morgan fingerprint density at radius 3 is 2.53 bits per heavy atom. The van der Waals surface area contributed by atoms with E-state index in [1.807, 2.05) is 12.1 Å². The van der Waals surface area contributed by atoms with Gasteiger partial charge in [0.25, 0.3) is 0 Å². The van der Waals surface area contributed by atoms with Crippen molar-refractivity contribution in [1.29, 1.82) is 0 Å². The van der Waals surface area contributed by atoms with Crippen LogP contribution in [0.1, 0.15) is 59.8 Å². The molecule has 0 spiro atoms. The van der Waals surface area contributed by atoms with E-state index in [9.17, 15) is 9.90 Å². The number of carboxylic acids is 1. The van der Waals surface area contributed by atoms with E-state index in [0.717, 1.165) is 38.4 Å². The standard InChI is InChI=1S/C26H32N2O2/c1-2-3-7-25-23(17-19-9-11-21(12-10-19)26(29)30)22-6-4-5-8-24(22)28(25)18-20-13-15-27-16-14-20/h4-6,8-12,20,27H,2-3,7,13-18H2,1H3,(H,29,30). The lowest BCUT2D eigenvalue weighted by Crippen LogP contribution is -2.30. The predicted octanol–water partition coefficient (Wildman–Crippen LogP) is 5.27. The maximum Gasteiger partial charge on any atom is 0.335 e. The van der Waals surface area contributed by atoms with Crippen molar-refractivity contribution >= 4 is 16.9 Å². The number of rotatable bonds is 8. The second kappa shape index (κ2) is 9.48. The van der Waals surface area contributed by atoms with Gasteiger partial charge in [0.1, 0.15) is 0 Å². The predicted molar refractivity (Wildman–Crippen MR) is 122 cm³/mol. The Labute approximate surface area is 178 Å². The number of aromatic nitrogens is 1. The average molecular weight is 405 g/mol. The third kappa shape index (κ3) is 4.44. The molecule has 1 aromatic heterocycles. The highest BCUT2D eigenvalue weighted by Crippen LogP contribution is 2.31. The molecular formula is C26H32N2O2. The van der Waals surface area contributed by atoms with Gasteiger partial charge in [-0.15, -0.1) is 0 Å². The molecule has 0 saturated carbocycles. The Morgan fingerprint density at radius 1 is 1.10 bits per heavy atom. The highest BCUT2D eigenvalue weighted by molar-refractivity contribution is 5.88. The molecule has 1 aliphatic rings. The Hall–Kier alpha value is -2.59. The average Bonchev–Trinajstić information content (AvgIpc) is 3.06. The first-order valence-electron chi connectivity index (χ1n) is 11.3. The largest absolute Gasteiger partial charge is 0.478 e. The molecule has 0 unspecified atom stereocenters. The third-order valence-corrected chi connectivity index (χ3v) is 6.44. The maximum atomic E-state index is 11.2. The lowest BCUT2D eigenvalue weighted by Gasteiger charge is -2.25. The number of para-hydroxylation sites is 1. The second-order valence-electron chi connectivity index (χ2n) is 8.53. The Bertz CT molecular complexity index is 998. The van der Waals surface area contributed by atoms with Crippen LogP contribution in [-0.4, -0.2) is 28.7 Å². The van der Waals surface area contributed by atoms with Gasteiger partial charge in [0.05, 0.1) is 5.56 Å². The van der Waals surface area contributed by atoms with E-state index in [4.69, 9.17) is 0 Å². The monoisotopic (exact) mass is 404 g/mol. The molecule has 30 heavy (non-hydrogen) atoms. The molecule has 158 valence electrons. The summed E-state index contributed by atoms with van der Waals surface area (Å²) < 4.78 is 2.60. The van der Waals surface area contributed by atoms with E-state index < -0.39 is 5.97 Å². The maximum absolute atomic E-state index is 11.2. The number of carbonyl (C=O) groups is 1. The molecule has 4 rings (SSSR count). The number of fused-ring (bicyclic) bond motifs is 1. The van der Waals surface area contributed by atoms with Gasteiger partial charge >= 0.3 is 5.97 Å². The Morgan fingerprint density at radius 2 is 1.83 bits per heavy atom. The summed E-state index contributed by atoms with van der Waals surface area (Å²) in [6.45, 7) is 5.59. The summed E-state index contributed by atoms with van der Waals surface area (Å²) in [6.07, 6.45) is 6.80. The van der Waals surface area contributed by atoms with E-state index in [-0.39, 0.29) is 0 Å². The minimum Gasteiger partial charge on any atom is -0.478 e. The first-order valence-corrected chi connectivity index (χ1v) is 11.3. The number of nitrogens with zero attached hydrogens (tertiary/aromatic N) is 1. The summed E-state index contributed by atoms with van der Waals surface area (Å²) in [5, 5.41) is 14.0. The fraction of sp³-hybridized carbons (Fsp3) is 0.423. The van der Waals surface area contributed by atoms with Gasteiger partial charge in [0.15, 0.2) is 0 Å². The SMILES string of the molecule is CCCCc1c(Cc2ccc(C(=O)O)cc2)c2ccccc2n1CC1CCNCC1. The van der Waals surface area contributed by atoms with Crippen molar-refractivity contribution < 1.29 is 9.90 Å². The second-order valence-corrected chi connectivity index (χ2v) is 8.53.